The van der Waals surface area contributed by atoms with Gasteiger partial charge in [-0.25, -0.2) is 0 Å². The molecule has 0 N–H and O–H groups in total. The molecule has 0 saturated carbocycles. The van der Waals surface area contributed by atoms with E-state index in [1.807, 2.05) is 24.3 Å². The van der Waals surface area contributed by atoms with Crippen LogP contribution >= 0.6 is 0 Å². The molecule has 0 bridgehead atoms. The summed E-state index contributed by atoms with van der Waals surface area (Å²) in [5.74, 6) is 2.25. The largest absolute Gasteiger partial charge is 0.497 e. The van der Waals surface area contributed by atoms with Crippen molar-refractivity contribution in [2.24, 2.45) is 0 Å². The SMILES string of the molecule is COc1cccc(-c2c(OC)c[c]cc2OC)c1. The molecule has 0 spiro atoms. The molecule has 0 heterocycles. The minimum atomic E-state index is 0.725. The maximum Gasteiger partial charge on any atom is 0.131 e. The van der Waals surface area contributed by atoms with Crippen molar-refractivity contribution in [3.8, 4) is 28.4 Å². The third-order valence-corrected chi connectivity index (χ3v) is 2.72. The highest BCUT2D eigenvalue weighted by Crippen LogP contribution is 2.38. The van der Waals surface area contributed by atoms with Crippen molar-refractivity contribution < 1.29 is 14.2 Å². The van der Waals surface area contributed by atoms with Crippen LogP contribution in [0.2, 0.25) is 0 Å². The molecule has 0 atom stereocenters. The molecule has 1 radical (unpaired) electrons. The lowest BCUT2D eigenvalue weighted by molar-refractivity contribution is 0.397. The average Bonchev–Trinajstić information content (AvgIpc) is 2.46. The third kappa shape index (κ3) is 2.25. The third-order valence-electron chi connectivity index (χ3n) is 2.72. The fourth-order valence-electron chi connectivity index (χ4n) is 1.84. The minimum absolute atomic E-state index is 0.725. The second kappa shape index (κ2) is 5.45. The topological polar surface area (TPSA) is 27.7 Å². The Labute approximate surface area is 107 Å². The first-order chi connectivity index (χ1) is 8.80. The molecule has 0 saturated heterocycles. The Morgan fingerprint density at radius 3 is 2.11 bits per heavy atom. The van der Waals surface area contributed by atoms with Crippen molar-refractivity contribution in [2.45, 2.75) is 0 Å². The molecule has 93 valence electrons. The monoisotopic (exact) mass is 243 g/mol. The van der Waals surface area contributed by atoms with Crippen LogP contribution in [-0.2, 0) is 0 Å². The predicted octanol–water partition coefficient (Wildman–Crippen LogP) is 3.18. The molecule has 0 aromatic heterocycles. The van der Waals surface area contributed by atoms with Crippen molar-refractivity contribution in [3.63, 3.8) is 0 Å². The van der Waals surface area contributed by atoms with Crippen LogP contribution < -0.4 is 14.2 Å². The van der Waals surface area contributed by atoms with Gasteiger partial charge in [0.1, 0.15) is 17.2 Å². The molecule has 0 fully saturated rings. The van der Waals surface area contributed by atoms with E-state index in [0.29, 0.717) is 0 Å². The summed E-state index contributed by atoms with van der Waals surface area (Å²) in [5.41, 5.74) is 1.88. The van der Waals surface area contributed by atoms with Crippen molar-refractivity contribution in [2.75, 3.05) is 21.3 Å². The number of rotatable bonds is 4. The first-order valence-electron chi connectivity index (χ1n) is 5.56. The lowest BCUT2D eigenvalue weighted by Gasteiger charge is -2.13. The van der Waals surface area contributed by atoms with E-state index in [0.717, 1.165) is 28.4 Å². The van der Waals surface area contributed by atoms with Gasteiger partial charge in [-0.15, -0.1) is 0 Å². The fraction of sp³-hybridized carbons (Fsp3) is 0.200. The lowest BCUT2D eigenvalue weighted by atomic mass is 10.0. The van der Waals surface area contributed by atoms with Gasteiger partial charge in [0.25, 0.3) is 0 Å². The molecule has 3 heteroatoms. The van der Waals surface area contributed by atoms with E-state index in [2.05, 4.69) is 6.07 Å². The van der Waals surface area contributed by atoms with Crippen LogP contribution in [0.3, 0.4) is 0 Å². The van der Waals surface area contributed by atoms with Crippen molar-refractivity contribution in [1.29, 1.82) is 0 Å². The minimum Gasteiger partial charge on any atom is -0.497 e. The van der Waals surface area contributed by atoms with Gasteiger partial charge in [-0.3, -0.25) is 0 Å². The highest BCUT2D eigenvalue weighted by Gasteiger charge is 2.12. The van der Waals surface area contributed by atoms with Gasteiger partial charge in [-0.2, -0.15) is 0 Å². The van der Waals surface area contributed by atoms with E-state index in [9.17, 15) is 0 Å². The van der Waals surface area contributed by atoms with Crippen LogP contribution in [0, 0.1) is 6.07 Å². The van der Waals surface area contributed by atoms with Crippen LogP contribution in [0.15, 0.2) is 36.4 Å². The van der Waals surface area contributed by atoms with E-state index in [4.69, 9.17) is 14.2 Å². The predicted molar refractivity (Wildman–Crippen MR) is 70.4 cm³/mol. The van der Waals surface area contributed by atoms with Gasteiger partial charge in [0, 0.05) is 0 Å². The Hall–Kier alpha value is -2.16. The quantitative estimate of drug-likeness (QED) is 0.825. The summed E-state index contributed by atoms with van der Waals surface area (Å²) in [6.45, 7) is 0. The summed E-state index contributed by atoms with van der Waals surface area (Å²) in [5, 5.41) is 0. The molecular weight excluding hydrogens is 228 g/mol. The molecule has 0 aliphatic carbocycles. The van der Waals surface area contributed by atoms with Gasteiger partial charge in [0.05, 0.1) is 26.9 Å². The summed E-state index contributed by atoms with van der Waals surface area (Å²) in [6, 6.07) is 14.3. The highest BCUT2D eigenvalue weighted by molar-refractivity contribution is 5.77. The van der Waals surface area contributed by atoms with E-state index in [1.54, 1.807) is 33.5 Å². The molecule has 18 heavy (non-hydrogen) atoms. The summed E-state index contributed by atoms with van der Waals surface area (Å²) < 4.78 is 16.0. The lowest BCUT2D eigenvalue weighted by Crippen LogP contribution is -1.93. The Balaban J connectivity index is 2.60. The number of ether oxygens (including phenoxy) is 3. The molecule has 3 nitrogen and oxygen atoms in total. The zero-order valence-corrected chi connectivity index (χ0v) is 10.7. The van der Waals surface area contributed by atoms with Crippen LogP contribution in [0.25, 0.3) is 11.1 Å². The van der Waals surface area contributed by atoms with Gasteiger partial charge in [0.15, 0.2) is 0 Å². The normalized spacial score (nSPS) is 9.94. The Kier molecular flexibility index (Phi) is 3.72. The zero-order valence-electron chi connectivity index (χ0n) is 10.7. The van der Waals surface area contributed by atoms with Crippen molar-refractivity contribution in [3.05, 3.63) is 42.5 Å². The standard InChI is InChI=1S/C15H15O3/c1-16-12-7-4-6-11(10-12)15-13(17-2)8-5-9-14(15)18-3/h4,6-10H,1-3H3. The maximum atomic E-state index is 5.36. The van der Waals surface area contributed by atoms with Gasteiger partial charge in [0.2, 0.25) is 0 Å². The first-order valence-corrected chi connectivity index (χ1v) is 5.56. The van der Waals surface area contributed by atoms with Crippen LogP contribution in [0.4, 0.5) is 0 Å². The van der Waals surface area contributed by atoms with Crippen molar-refractivity contribution >= 4 is 0 Å². The highest BCUT2D eigenvalue weighted by atomic mass is 16.5. The molecule has 0 aliphatic rings. The molecule has 0 unspecified atom stereocenters. The Bertz CT molecular complexity index is 513. The molecule has 2 aromatic carbocycles. The van der Waals surface area contributed by atoms with Gasteiger partial charge in [-0.05, 0) is 35.9 Å². The summed E-state index contributed by atoms with van der Waals surface area (Å²) in [4.78, 5) is 0. The second-order valence-corrected chi connectivity index (χ2v) is 3.70. The van der Waals surface area contributed by atoms with Crippen LogP contribution in [0.5, 0.6) is 17.2 Å². The molecule has 2 rings (SSSR count). The van der Waals surface area contributed by atoms with Crippen molar-refractivity contribution in [1.82, 2.24) is 0 Å². The Morgan fingerprint density at radius 2 is 1.56 bits per heavy atom. The van der Waals surface area contributed by atoms with Crippen LogP contribution in [0.1, 0.15) is 0 Å². The molecular formula is C15H15O3. The number of methoxy groups -OCH3 is 3. The second-order valence-electron chi connectivity index (χ2n) is 3.70. The zero-order chi connectivity index (χ0) is 13.0. The summed E-state index contributed by atoms with van der Waals surface area (Å²) in [6.07, 6.45) is 0. The number of hydrogen-bond acceptors (Lipinski definition) is 3. The first kappa shape index (κ1) is 12.3. The van der Waals surface area contributed by atoms with E-state index in [-0.39, 0.29) is 0 Å². The van der Waals surface area contributed by atoms with Gasteiger partial charge < -0.3 is 14.2 Å². The van der Waals surface area contributed by atoms with E-state index in [1.165, 1.54) is 0 Å². The molecule has 0 aliphatic heterocycles. The summed E-state index contributed by atoms with van der Waals surface area (Å²) in [7, 11) is 4.91. The van der Waals surface area contributed by atoms with Gasteiger partial charge >= 0.3 is 0 Å². The smallest absolute Gasteiger partial charge is 0.131 e. The summed E-state index contributed by atoms with van der Waals surface area (Å²) >= 11 is 0. The van der Waals surface area contributed by atoms with Gasteiger partial charge in [-0.1, -0.05) is 12.1 Å². The molecule has 0 amide bonds. The Morgan fingerprint density at radius 1 is 0.889 bits per heavy atom. The number of benzene rings is 2. The van der Waals surface area contributed by atoms with E-state index < -0.39 is 0 Å². The van der Waals surface area contributed by atoms with Crippen LogP contribution in [-0.4, -0.2) is 21.3 Å². The fourth-order valence-corrected chi connectivity index (χ4v) is 1.84. The molecule has 2 aromatic rings. The number of hydrogen-bond donors (Lipinski definition) is 0. The maximum absolute atomic E-state index is 5.36. The van der Waals surface area contributed by atoms with E-state index >= 15 is 0 Å². The average molecular weight is 243 g/mol.